The van der Waals surface area contributed by atoms with Gasteiger partial charge in [-0.25, -0.2) is 0 Å². The summed E-state index contributed by atoms with van der Waals surface area (Å²) in [5, 5.41) is 8.93. The van der Waals surface area contributed by atoms with E-state index in [1.165, 1.54) is 0 Å². The number of halogens is 7. The minimum Gasteiger partial charge on any atom is -0.480 e. The van der Waals surface area contributed by atoms with Gasteiger partial charge in [0.15, 0.2) is 0 Å². The number of hydrogen-bond donors (Lipinski definition) is 3. The number of alkyl halides is 6. The van der Waals surface area contributed by atoms with Crippen molar-refractivity contribution in [3.05, 3.63) is 34.9 Å². The van der Waals surface area contributed by atoms with E-state index in [2.05, 4.69) is 12.6 Å². The molecule has 0 fully saturated rings. The first-order valence-electron chi connectivity index (χ1n) is 5.71. The average Bonchev–Trinajstić information content (AvgIpc) is 2.35. The molecule has 3 N–H and O–H groups in total. The predicted molar refractivity (Wildman–Crippen MR) is 75.8 cm³/mol. The Hall–Kier alpha value is -1.13. The van der Waals surface area contributed by atoms with Gasteiger partial charge < -0.3 is 10.8 Å². The number of benzene rings is 1. The smallest absolute Gasteiger partial charge is 0.416 e. The van der Waals surface area contributed by atoms with Gasteiger partial charge in [0.2, 0.25) is 0 Å². The molecule has 23 heavy (non-hydrogen) atoms. The van der Waals surface area contributed by atoms with Crippen molar-refractivity contribution in [2.45, 2.75) is 24.3 Å². The molecule has 1 rings (SSSR count). The second-order valence-electron chi connectivity index (χ2n) is 4.71. The van der Waals surface area contributed by atoms with Gasteiger partial charge in [0.1, 0.15) is 5.54 Å². The Morgan fingerprint density at radius 1 is 1.04 bits per heavy atom. The first-order valence-corrected chi connectivity index (χ1v) is 6.34. The molecule has 0 aliphatic carbocycles. The van der Waals surface area contributed by atoms with Crippen molar-refractivity contribution in [1.82, 2.24) is 0 Å². The minimum absolute atomic E-state index is 0. The Bertz CT molecular complexity index is 545. The molecule has 1 aromatic carbocycles. The van der Waals surface area contributed by atoms with E-state index >= 15 is 0 Å². The van der Waals surface area contributed by atoms with Gasteiger partial charge in [0.25, 0.3) is 0 Å². The molecule has 0 spiro atoms. The second-order valence-corrected chi connectivity index (χ2v) is 5.03. The topological polar surface area (TPSA) is 63.3 Å². The van der Waals surface area contributed by atoms with Gasteiger partial charge in [0, 0.05) is 12.2 Å². The van der Waals surface area contributed by atoms with Crippen LogP contribution in [-0.4, -0.2) is 22.4 Å². The molecular weight excluding hydrogens is 372 g/mol. The van der Waals surface area contributed by atoms with Gasteiger partial charge in [-0.1, -0.05) is 0 Å². The van der Waals surface area contributed by atoms with Crippen LogP contribution in [0.1, 0.15) is 16.7 Å². The predicted octanol–water partition coefficient (Wildman–Crippen LogP) is 3.40. The first-order chi connectivity index (χ1) is 9.79. The Kier molecular flexibility index (Phi) is 6.83. The minimum atomic E-state index is -5.00. The Morgan fingerprint density at radius 3 is 1.70 bits per heavy atom. The van der Waals surface area contributed by atoms with Gasteiger partial charge in [0.05, 0.1) is 11.1 Å². The fourth-order valence-electron chi connectivity index (χ4n) is 1.68. The van der Waals surface area contributed by atoms with Crippen LogP contribution in [0.4, 0.5) is 26.3 Å². The zero-order chi connectivity index (χ0) is 17.3. The van der Waals surface area contributed by atoms with Gasteiger partial charge >= 0.3 is 18.3 Å². The van der Waals surface area contributed by atoms with Crippen LogP contribution in [-0.2, 0) is 23.6 Å². The molecule has 3 nitrogen and oxygen atoms in total. The van der Waals surface area contributed by atoms with Crippen LogP contribution < -0.4 is 5.73 Å². The Labute approximate surface area is 138 Å². The number of thiol groups is 1. The Balaban J connectivity index is 0.00000484. The first kappa shape index (κ1) is 21.9. The van der Waals surface area contributed by atoms with Crippen molar-refractivity contribution in [2.24, 2.45) is 5.73 Å². The normalized spacial score (nSPS) is 14.8. The lowest BCUT2D eigenvalue weighted by Crippen LogP contribution is -2.51. The molecule has 0 aromatic heterocycles. The number of carbonyl (C=O) groups is 1. The molecule has 1 atom stereocenters. The lowest BCUT2D eigenvalue weighted by molar-refractivity contribution is -0.143. The maximum Gasteiger partial charge on any atom is 0.416 e. The second kappa shape index (κ2) is 7.18. The van der Waals surface area contributed by atoms with Crippen molar-refractivity contribution in [2.75, 3.05) is 5.75 Å². The zero-order valence-corrected chi connectivity index (χ0v) is 12.9. The third-order valence-electron chi connectivity index (χ3n) is 2.88. The van der Waals surface area contributed by atoms with E-state index in [-0.39, 0.29) is 18.5 Å². The van der Waals surface area contributed by atoms with Crippen LogP contribution in [0.5, 0.6) is 0 Å². The highest BCUT2D eigenvalue weighted by Crippen LogP contribution is 2.36. The zero-order valence-electron chi connectivity index (χ0n) is 11.2. The van der Waals surface area contributed by atoms with Crippen LogP contribution in [0.25, 0.3) is 0 Å². The standard InChI is InChI=1S/C12H11F6NO2S.ClH/c13-11(14,15)7-1-6(2-8(3-7)12(16,17)18)4-10(19,5-22)9(20)21;/h1-3,22H,4-5,19H2,(H,20,21);1H/t10-;/m0./s1. The fourth-order valence-corrected chi connectivity index (χ4v) is 1.93. The fraction of sp³-hybridized carbons (Fsp3) is 0.417. The van der Waals surface area contributed by atoms with Crippen LogP contribution in [0, 0.1) is 0 Å². The monoisotopic (exact) mass is 383 g/mol. The summed E-state index contributed by atoms with van der Waals surface area (Å²) in [5.41, 5.74) is -0.154. The van der Waals surface area contributed by atoms with E-state index in [0.29, 0.717) is 12.1 Å². The molecule has 132 valence electrons. The van der Waals surface area contributed by atoms with Crippen LogP contribution in [0.2, 0.25) is 0 Å². The number of aliphatic carboxylic acids is 1. The molecule has 0 bridgehead atoms. The molecular formula is C12H12ClF6NO2S. The maximum absolute atomic E-state index is 12.7. The molecule has 11 heteroatoms. The third-order valence-corrected chi connectivity index (χ3v) is 3.44. The molecule has 0 saturated heterocycles. The number of carboxylic acids is 1. The van der Waals surface area contributed by atoms with Crippen molar-refractivity contribution < 1.29 is 36.2 Å². The summed E-state index contributed by atoms with van der Waals surface area (Å²) in [6.45, 7) is 0. The third kappa shape index (κ3) is 5.47. The highest BCUT2D eigenvalue weighted by atomic mass is 35.5. The molecule has 0 aliphatic heterocycles. The summed E-state index contributed by atoms with van der Waals surface area (Å²) >= 11 is 3.69. The summed E-state index contributed by atoms with van der Waals surface area (Å²) < 4.78 is 76.1. The summed E-state index contributed by atoms with van der Waals surface area (Å²) in [4.78, 5) is 11.0. The van der Waals surface area contributed by atoms with Gasteiger partial charge in [-0.15, -0.1) is 12.4 Å². The van der Waals surface area contributed by atoms with E-state index in [9.17, 15) is 31.1 Å². The van der Waals surface area contributed by atoms with E-state index in [1.807, 2.05) is 0 Å². The largest absolute Gasteiger partial charge is 0.480 e. The van der Waals surface area contributed by atoms with Crippen molar-refractivity contribution in [3.63, 3.8) is 0 Å². The van der Waals surface area contributed by atoms with Crippen molar-refractivity contribution >= 4 is 31.0 Å². The van der Waals surface area contributed by atoms with Crippen LogP contribution >= 0.6 is 25.0 Å². The van der Waals surface area contributed by atoms with Crippen LogP contribution in [0.15, 0.2) is 18.2 Å². The molecule has 1 aromatic rings. The highest BCUT2D eigenvalue weighted by molar-refractivity contribution is 7.80. The number of hydrogen-bond acceptors (Lipinski definition) is 3. The average molecular weight is 384 g/mol. The summed E-state index contributed by atoms with van der Waals surface area (Å²) in [6.07, 6.45) is -10.7. The van der Waals surface area contributed by atoms with Crippen molar-refractivity contribution in [1.29, 1.82) is 0 Å². The van der Waals surface area contributed by atoms with E-state index in [0.717, 1.165) is 0 Å². The van der Waals surface area contributed by atoms with Crippen LogP contribution in [0.3, 0.4) is 0 Å². The molecule has 0 heterocycles. The van der Waals surface area contributed by atoms with Gasteiger partial charge in [-0.05, 0) is 23.8 Å². The quantitative estimate of drug-likeness (QED) is 0.551. The summed E-state index contributed by atoms with van der Waals surface area (Å²) in [5.74, 6) is -2.03. The summed E-state index contributed by atoms with van der Waals surface area (Å²) in [7, 11) is 0. The maximum atomic E-state index is 12.7. The lowest BCUT2D eigenvalue weighted by atomic mass is 9.91. The van der Waals surface area contributed by atoms with Gasteiger partial charge in [-0.2, -0.15) is 39.0 Å². The van der Waals surface area contributed by atoms with E-state index in [4.69, 9.17) is 10.8 Å². The molecule has 0 amide bonds. The molecule has 0 aliphatic rings. The molecule has 0 unspecified atom stereocenters. The SMILES string of the molecule is Cl.N[C@](CS)(Cc1cc(C(F)(F)F)cc(C(F)(F)F)c1)C(=O)O. The Morgan fingerprint density at radius 2 is 1.43 bits per heavy atom. The van der Waals surface area contributed by atoms with Gasteiger partial charge in [-0.3, -0.25) is 4.79 Å². The lowest BCUT2D eigenvalue weighted by Gasteiger charge is -2.23. The number of rotatable bonds is 4. The molecule has 0 radical (unpaired) electrons. The van der Waals surface area contributed by atoms with E-state index < -0.39 is 52.7 Å². The van der Waals surface area contributed by atoms with E-state index in [1.54, 1.807) is 0 Å². The molecule has 0 saturated carbocycles. The van der Waals surface area contributed by atoms with Crippen molar-refractivity contribution in [3.8, 4) is 0 Å². The number of carboxylic acid groups (broad SMARTS) is 1. The highest BCUT2D eigenvalue weighted by Gasteiger charge is 2.39. The number of nitrogens with two attached hydrogens (primary N) is 1. The summed E-state index contributed by atoms with van der Waals surface area (Å²) in [6, 6.07) is 0.857.